The molecular formula is C44H35N. The maximum Gasteiger partial charge on any atom is 0.0465 e. The Kier molecular flexibility index (Phi) is 5.37. The number of hydrogen-bond donors (Lipinski definition) is 0. The lowest BCUT2D eigenvalue weighted by Crippen LogP contribution is -2.16. The number of rotatable bonds is 4. The first-order chi connectivity index (χ1) is 21.8. The zero-order valence-electron chi connectivity index (χ0n) is 26.2. The van der Waals surface area contributed by atoms with Crippen molar-refractivity contribution < 1.29 is 0 Å². The molecule has 2 aliphatic rings. The maximum absolute atomic E-state index is 2.44. The Morgan fingerprint density at radius 3 is 1.82 bits per heavy atom. The summed E-state index contributed by atoms with van der Waals surface area (Å²) < 4.78 is 0. The molecule has 0 aliphatic heterocycles. The number of anilines is 3. The Bertz CT molecular complexity index is 2310. The normalized spacial score (nSPS) is 15.0. The molecule has 216 valence electrons. The zero-order valence-corrected chi connectivity index (χ0v) is 26.2. The fourth-order valence-electron chi connectivity index (χ4n) is 8.23. The molecule has 0 fully saturated rings. The lowest BCUT2D eigenvalue weighted by atomic mass is 9.81. The van der Waals surface area contributed by atoms with Gasteiger partial charge in [0.2, 0.25) is 0 Å². The van der Waals surface area contributed by atoms with E-state index in [-0.39, 0.29) is 10.8 Å². The summed E-state index contributed by atoms with van der Waals surface area (Å²) in [6.45, 7) is 9.45. The summed E-state index contributed by atoms with van der Waals surface area (Å²) in [4.78, 5) is 2.39. The summed E-state index contributed by atoms with van der Waals surface area (Å²) in [5, 5.41) is 5.51. The molecule has 7 aromatic rings. The Morgan fingerprint density at radius 2 is 1.00 bits per heavy atom. The maximum atomic E-state index is 2.44. The van der Waals surface area contributed by atoms with E-state index in [0.717, 1.165) is 11.4 Å². The first-order valence-corrected chi connectivity index (χ1v) is 16.0. The highest BCUT2D eigenvalue weighted by atomic mass is 15.1. The monoisotopic (exact) mass is 577 g/mol. The van der Waals surface area contributed by atoms with Crippen molar-refractivity contribution in [1.29, 1.82) is 0 Å². The second-order valence-electron chi connectivity index (χ2n) is 13.8. The zero-order chi connectivity index (χ0) is 30.5. The molecule has 9 rings (SSSR count). The third-order valence-electron chi connectivity index (χ3n) is 10.6. The van der Waals surface area contributed by atoms with E-state index in [1.165, 1.54) is 71.7 Å². The van der Waals surface area contributed by atoms with E-state index in [2.05, 4.69) is 172 Å². The molecule has 0 unspecified atom stereocenters. The summed E-state index contributed by atoms with van der Waals surface area (Å²) in [5.74, 6) is 0. The Balaban J connectivity index is 1.15. The average Bonchev–Trinajstić information content (AvgIpc) is 3.45. The molecule has 1 heteroatoms. The van der Waals surface area contributed by atoms with Crippen LogP contribution >= 0.6 is 0 Å². The molecule has 0 N–H and O–H groups in total. The SMILES string of the molecule is CC1(C)c2ccccc2-c2ccc(N(c3ccccc3)c3ccc(-c4cc5c6c(ccc7cccc(c76)C5(C)C)c4)cc3)cc21. The molecule has 0 saturated heterocycles. The minimum absolute atomic E-state index is 0.0253. The van der Waals surface area contributed by atoms with Crippen molar-refractivity contribution in [2.75, 3.05) is 4.90 Å². The molecule has 0 heterocycles. The van der Waals surface area contributed by atoms with Crippen molar-refractivity contribution in [3.8, 4) is 22.3 Å². The van der Waals surface area contributed by atoms with Crippen LogP contribution in [-0.4, -0.2) is 0 Å². The second kappa shape index (κ2) is 9.19. The smallest absolute Gasteiger partial charge is 0.0465 e. The number of hydrogen-bond acceptors (Lipinski definition) is 1. The van der Waals surface area contributed by atoms with Gasteiger partial charge in [0, 0.05) is 27.9 Å². The van der Waals surface area contributed by atoms with Gasteiger partial charge < -0.3 is 4.90 Å². The van der Waals surface area contributed by atoms with Gasteiger partial charge in [0.1, 0.15) is 0 Å². The van der Waals surface area contributed by atoms with Crippen LogP contribution in [0.3, 0.4) is 0 Å². The van der Waals surface area contributed by atoms with E-state index < -0.39 is 0 Å². The number of benzene rings is 7. The molecule has 0 amide bonds. The second-order valence-corrected chi connectivity index (χ2v) is 13.8. The van der Waals surface area contributed by atoms with Crippen molar-refractivity contribution in [2.24, 2.45) is 0 Å². The fraction of sp³-hybridized carbons (Fsp3) is 0.136. The van der Waals surface area contributed by atoms with Crippen molar-refractivity contribution in [3.63, 3.8) is 0 Å². The highest BCUT2D eigenvalue weighted by Crippen LogP contribution is 2.52. The number of nitrogens with zero attached hydrogens (tertiary/aromatic N) is 1. The third kappa shape index (κ3) is 3.68. The minimum atomic E-state index is -0.0509. The van der Waals surface area contributed by atoms with Gasteiger partial charge in [-0.3, -0.25) is 0 Å². The molecule has 2 aliphatic carbocycles. The van der Waals surface area contributed by atoms with E-state index >= 15 is 0 Å². The quantitative estimate of drug-likeness (QED) is 0.188. The fourth-order valence-corrected chi connectivity index (χ4v) is 8.23. The van der Waals surface area contributed by atoms with E-state index in [1.807, 2.05) is 0 Å². The van der Waals surface area contributed by atoms with Gasteiger partial charge in [-0.2, -0.15) is 0 Å². The molecule has 0 radical (unpaired) electrons. The highest BCUT2D eigenvalue weighted by molar-refractivity contribution is 6.15. The first kappa shape index (κ1) is 26.3. The molecule has 45 heavy (non-hydrogen) atoms. The van der Waals surface area contributed by atoms with Crippen molar-refractivity contribution in [1.82, 2.24) is 0 Å². The summed E-state index contributed by atoms with van der Waals surface area (Å²) in [7, 11) is 0. The van der Waals surface area contributed by atoms with Crippen LogP contribution in [0.2, 0.25) is 0 Å². The molecule has 0 saturated carbocycles. The number of para-hydroxylation sites is 1. The molecule has 0 aromatic heterocycles. The average molecular weight is 578 g/mol. The summed E-state index contributed by atoms with van der Waals surface area (Å²) in [5.41, 5.74) is 14.3. The van der Waals surface area contributed by atoms with Crippen LogP contribution in [0.1, 0.15) is 49.9 Å². The summed E-state index contributed by atoms with van der Waals surface area (Å²) in [6, 6.07) is 51.9. The predicted molar refractivity (Wildman–Crippen MR) is 191 cm³/mol. The van der Waals surface area contributed by atoms with Crippen LogP contribution in [0, 0.1) is 0 Å². The Morgan fingerprint density at radius 1 is 0.378 bits per heavy atom. The topological polar surface area (TPSA) is 3.24 Å². The van der Waals surface area contributed by atoms with Gasteiger partial charge in [0.25, 0.3) is 0 Å². The molecule has 0 bridgehead atoms. The van der Waals surface area contributed by atoms with Crippen molar-refractivity contribution in [2.45, 2.75) is 38.5 Å². The summed E-state index contributed by atoms with van der Waals surface area (Å²) in [6.07, 6.45) is 0. The minimum Gasteiger partial charge on any atom is -0.310 e. The van der Waals surface area contributed by atoms with Gasteiger partial charge in [0.05, 0.1) is 0 Å². The molecule has 1 nitrogen and oxygen atoms in total. The largest absolute Gasteiger partial charge is 0.310 e. The lowest BCUT2D eigenvalue weighted by molar-refractivity contribution is 0.660. The van der Waals surface area contributed by atoms with E-state index in [4.69, 9.17) is 0 Å². The standard InChI is InChI=1S/C44H35N/c1-43(2)37-15-9-8-14-35(37)36-24-23-34(27-39(36)43)45(32-12-6-5-7-13-32)33-21-19-28(20-22-33)31-25-30-18-17-29-11-10-16-38-41(29)42(30)40(26-31)44(38,3)4/h5-27H,1-4H3. The predicted octanol–water partition coefficient (Wildman–Crippen LogP) is 12.1. The van der Waals surface area contributed by atoms with Crippen molar-refractivity contribution in [3.05, 3.63) is 162 Å². The Hall–Kier alpha value is -5.14. The van der Waals surface area contributed by atoms with Crippen LogP contribution < -0.4 is 4.90 Å². The van der Waals surface area contributed by atoms with Gasteiger partial charge in [0.15, 0.2) is 0 Å². The molecule has 0 spiro atoms. The summed E-state index contributed by atoms with van der Waals surface area (Å²) >= 11 is 0. The van der Waals surface area contributed by atoms with Crippen LogP contribution in [0.15, 0.2) is 140 Å². The van der Waals surface area contributed by atoms with Gasteiger partial charge >= 0.3 is 0 Å². The van der Waals surface area contributed by atoms with Gasteiger partial charge in [-0.15, -0.1) is 0 Å². The lowest BCUT2D eigenvalue weighted by Gasteiger charge is -2.28. The van der Waals surface area contributed by atoms with E-state index in [0.29, 0.717) is 0 Å². The third-order valence-corrected chi connectivity index (χ3v) is 10.6. The van der Waals surface area contributed by atoms with Crippen molar-refractivity contribution >= 4 is 38.6 Å². The van der Waals surface area contributed by atoms with Crippen LogP contribution in [0.4, 0.5) is 17.1 Å². The molecule has 7 aromatic carbocycles. The van der Waals surface area contributed by atoms with Crippen LogP contribution in [-0.2, 0) is 10.8 Å². The van der Waals surface area contributed by atoms with Crippen LogP contribution in [0.5, 0.6) is 0 Å². The Labute approximate surface area is 265 Å². The molecule has 0 atom stereocenters. The molecular weight excluding hydrogens is 542 g/mol. The number of fused-ring (bicyclic) bond motifs is 3. The van der Waals surface area contributed by atoms with E-state index in [9.17, 15) is 0 Å². The van der Waals surface area contributed by atoms with Gasteiger partial charge in [-0.05, 0) is 115 Å². The van der Waals surface area contributed by atoms with E-state index in [1.54, 1.807) is 0 Å². The first-order valence-electron chi connectivity index (χ1n) is 16.0. The van der Waals surface area contributed by atoms with Gasteiger partial charge in [-0.1, -0.05) is 119 Å². The highest BCUT2D eigenvalue weighted by Gasteiger charge is 2.36. The van der Waals surface area contributed by atoms with Crippen LogP contribution in [0.25, 0.3) is 43.8 Å². The van der Waals surface area contributed by atoms with Gasteiger partial charge in [-0.25, -0.2) is 0 Å².